The number of nitrogens with zero attached hydrogens (tertiary/aromatic N) is 4. The molecule has 2 aromatic rings. The molecule has 1 aliphatic heterocycles. The molecule has 0 fully saturated rings. The first-order valence-corrected chi connectivity index (χ1v) is 12.6. The lowest BCUT2D eigenvalue weighted by Gasteiger charge is -2.26. The number of fused-ring (bicyclic) bond motifs is 1. The molecule has 9 nitrogen and oxygen atoms in total. The summed E-state index contributed by atoms with van der Waals surface area (Å²) in [5.41, 5.74) is 2.20. The van der Waals surface area contributed by atoms with E-state index < -0.39 is 30.2 Å². The Kier molecular flexibility index (Phi) is 11.0. The first-order chi connectivity index (χ1) is 18.2. The van der Waals surface area contributed by atoms with Crippen LogP contribution in [0.3, 0.4) is 0 Å². The SMILES string of the molecule is COC[C@@H](F)CN(CCCCc1ccc2c(n1)NCCC2)CCC(Nc1ccnc(C(F)(F)F)n1)C(=O)O. The number of aliphatic carboxylic acids is 1. The summed E-state index contributed by atoms with van der Waals surface area (Å²) in [6.45, 7) is 1.60. The highest BCUT2D eigenvalue weighted by molar-refractivity contribution is 5.76. The van der Waals surface area contributed by atoms with Crippen LogP contribution in [0.15, 0.2) is 24.4 Å². The second-order valence-electron chi connectivity index (χ2n) is 9.24. The Balaban J connectivity index is 1.55. The van der Waals surface area contributed by atoms with Gasteiger partial charge in [0.2, 0.25) is 5.82 Å². The first-order valence-electron chi connectivity index (χ1n) is 12.6. The highest BCUT2D eigenvalue weighted by Gasteiger charge is 2.35. The molecule has 0 radical (unpaired) electrons. The van der Waals surface area contributed by atoms with Crippen LogP contribution in [0.1, 0.15) is 42.8 Å². The van der Waals surface area contributed by atoms with Gasteiger partial charge in [-0.25, -0.2) is 24.1 Å². The van der Waals surface area contributed by atoms with E-state index in [1.165, 1.54) is 18.7 Å². The van der Waals surface area contributed by atoms with E-state index in [0.717, 1.165) is 56.4 Å². The predicted molar refractivity (Wildman–Crippen MR) is 134 cm³/mol. The summed E-state index contributed by atoms with van der Waals surface area (Å²) in [5.74, 6) is -1.93. The predicted octanol–water partition coefficient (Wildman–Crippen LogP) is 3.81. The van der Waals surface area contributed by atoms with Gasteiger partial charge in [-0.15, -0.1) is 0 Å². The van der Waals surface area contributed by atoms with Gasteiger partial charge in [-0.1, -0.05) is 6.07 Å². The van der Waals surface area contributed by atoms with E-state index in [2.05, 4.69) is 31.7 Å². The number of aromatic nitrogens is 3. The average Bonchev–Trinajstić information content (AvgIpc) is 2.88. The molecule has 0 spiro atoms. The van der Waals surface area contributed by atoms with E-state index in [1.54, 1.807) is 0 Å². The normalized spacial score (nSPS) is 15.0. The Morgan fingerprint density at radius 2 is 2.05 bits per heavy atom. The summed E-state index contributed by atoms with van der Waals surface area (Å²) in [7, 11) is 1.40. The highest BCUT2D eigenvalue weighted by atomic mass is 19.4. The number of carbonyl (C=O) groups is 1. The molecule has 3 rings (SSSR count). The standard InChI is InChI=1S/C25H34F4N6O3/c1-38-16-18(26)15-35(13-3-2-6-19-8-7-17-5-4-11-30-22(17)32-19)14-10-20(23(36)37)33-21-9-12-31-24(34-21)25(27,28)29/h7-9,12,18,20H,2-6,10-11,13-16H2,1H3,(H,30,32)(H,36,37)(H,31,33,34)/t18-,20?/m0/s1. The molecule has 0 saturated heterocycles. The third-order valence-electron chi connectivity index (χ3n) is 6.18. The number of rotatable bonds is 15. The van der Waals surface area contributed by atoms with E-state index >= 15 is 0 Å². The molecule has 2 aromatic heterocycles. The van der Waals surface area contributed by atoms with Crippen molar-refractivity contribution >= 4 is 17.6 Å². The molecule has 0 aliphatic carbocycles. The van der Waals surface area contributed by atoms with Gasteiger partial charge in [-0.2, -0.15) is 13.2 Å². The topological polar surface area (TPSA) is 113 Å². The number of ether oxygens (including phenoxy) is 1. The molecule has 3 N–H and O–H groups in total. The molecule has 13 heteroatoms. The van der Waals surface area contributed by atoms with E-state index in [9.17, 15) is 27.5 Å². The Bertz CT molecular complexity index is 1040. The third kappa shape index (κ3) is 9.35. The third-order valence-corrected chi connectivity index (χ3v) is 6.18. The van der Waals surface area contributed by atoms with Crippen LogP contribution >= 0.6 is 0 Å². The zero-order chi connectivity index (χ0) is 27.5. The number of aryl methyl sites for hydroxylation is 2. The molecule has 210 valence electrons. The van der Waals surface area contributed by atoms with Gasteiger partial charge in [0.1, 0.15) is 23.8 Å². The van der Waals surface area contributed by atoms with Crippen LogP contribution in [0.2, 0.25) is 0 Å². The van der Waals surface area contributed by atoms with E-state index in [1.807, 2.05) is 11.0 Å². The Hall–Kier alpha value is -3.06. The monoisotopic (exact) mass is 542 g/mol. The number of alkyl halides is 4. The second kappa shape index (κ2) is 14.2. The number of anilines is 2. The minimum Gasteiger partial charge on any atom is -0.480 e. The van der Waals surface area contributed by atoms with Crippen LogP contribution in [0.5, 0.6) is 0 Å². The van der Waals surface area contributed by atoms with Crippen LogP contribution in [-0.4, -0.2) is 83.0 Å². The van der Waals surface area contributed by atoms with Crippen LogP contribution in [0.25, 0.3) is 0 Å². The molecule has 0 saturated carbocycles. The molecule has 1 unspecified atom stereocenters. The number of halogens is 4. The van der Waals surface area contributed by atoms with Crippen molar-refractivity contribution in [2.24, 2.45) is 0 Å². The van der Waals surface area contributed by atoms with Crippen LogP contribution in [0.4, 0.5) is 29.2 Å². The smallest absolute Gasteiger partial charge is 0.451 e. The van der Waals surface area contributed by atoms with Crippen LogP contribution in [-0.2, 0) is 28.5 Å². The van der Waals surface area contributed by atoms with Crippen molar-refractivity contribution in [3.05, 3.63) is 41.5 Å². The van der Waals surface area contributed by atoms with Gasteiger partial charge in [-0.3, -0.25) is 0 Å². The number of hydrogen-bond donors (Lipinski definition) is 3. The lowest BCUT2D eigenvalue weighted by molar-refractivity contribution is -0.144. The van der Waals surface area contributed by atoms with Crippen molar-refractivity contribution in [2.75, 3.05) is 50.5 Å². The number of carboxylic acid groups (broad SMARTS) is 1. The fourth-order valence-electron chi connectivity index (χ4n) is 4.28. The Morgan fingerprint density at radius 1 is 1.24 bits per heavy atom. The zero-order valence-electron chi connectivity index (χ0n) is 21.3. The van der Waals surface area contributed by atoms with Crippen molar-refractivity contribution in [3.63, 3.8) is 0 Å². The molecule has 3 heterocycles. The summed E-state index contributed by atoms with van der Waals surface area (Å²) in [6.07, 6.45) is -0.667. The maximum absolute atomic E-state index is 14.3. The molecule has 2 atom stereocenters. The second-order valence-corrected chi connectivity index (χ2v) is 9.24. The number of methoxy groups -OCH3 is 1. The largest absolute Gasteiger partial charge is 0.480 e. The summed E-state index contributed by atoms with van der Waals surface area (Å²) in [6, 6.07) is 4.08. The maximum atomic E-state index is 14.3. The van der Waals surface area contributed by atoms with Crippen molar-refractivity contribution in [1.82, 2.24) is 19.9 Å². The van der Waals surface area contributed by atoms with E-state index in [0.29, 0.717) is 6.54 Å². The zero-order valence-corrected chi connectivity index (χ0v) is 21.3. The van der Waals surface area contributed by atoms with Crippen molar-refractivity contribution in [3.8, 4) is 0 Å². The van der Waals surface area contributed by atoms with Crippen molar-refractivity contribution in [2.45, 2.75) is 56.9 Å². The summed E-state index contributed by atoms with van der Waals surface area (Å²) in [5, 5.41) is 15.5. The molecule has 0 aromatic carbocycles. The summed E-state index contributed by atoms with van der Waals surface area (Å²) >= 11 is 0. The first kappa shape index (κ1) is 29.5. The number of hydrogen-bond acceptors (Lipinski definition) is 8. The van der Waals surface area contributed by atoms with E-state index in [4.69, 9.17) is 4.74 Å². The van der Waals surface area contributed by atoms with Gasteiger partial charge < -0.3 is 25.4 Å². The van der Waals surface area contributed by atoms with Gasteiger partial charge in [0, 0.05) is 38.6 Å². The summed E-state index contributed by atoms with van der Waals surface area (Å²) < 4.78 is 57.9. The van der Waals surface area contributed by atoms with Gasteiger partial charge in [0.05, 0.1) is 6.61 Å². The molecule has 0 bridgehead atoms. The maximum Gasteiger partial charge on any atom is 0.451 e. The minimum absolute atomic E-state index is 0.0262. The van der Waals surface area contributed by atoms with Gasteiger partial charge in [-0.05, 0) is 62.8 Å². The number of carboxylic acids is 1. The van der Waals surface area contributed by atoms with Gasteiger partial charge >= 0.3 is 12.1 Å². The van der Waals surface area contributed by atoms with Crippen LogP contribution < -0.4 is 10.6 Å². The molecular formula is C25H34F4N6O3. The molecule has 38 heavy (non-hydrogen) atoms. The van der Waals surface area contributed by atoms with Gasteiger partial charge in [0.15, 0.2) is 0 Å². The lowest BCUT2D eigenvalue weighted by atomic mass is 10.1. The van der Waals surface area contributed by atoms with Gasteiger partial charge in [0.25, 0.3) is 0 Å². The average molecular weight is 543 g/mol. The quantitative estimate of drug-likeness (QED) is 0.228. The molecular weight excluding hydrogens is 508 g/mol. The number of pyridine rings is 1. The Labute approximate surface area is 219 Å². The van der Waals surface area contributed by atoms with Crippen molar-refractivity contribution in [1.29, 1.82) is 0 Å². The molecule has 0 amide bonds. The number of nitrogens with one attached hydrogen (secondary N) is 2. The fourth-order valence-corrected chi connectivity index (χ4v) is 4.28. The van der Waals surface area contributed by atoms with Crippen molar-refractivity contribution < 1.29 is 32.2 Å². The van der Waals surface area contributed by atoms with E-state index in [-0.39, 0.29) is 31.9 Å². The lowest BCUT2D eigenvalue weighted by Crippen LogP contribution is -2.39. The summed E-state index contributed by atoms with van der Waals surface area (Å²) in [4.78, 5) is 24.8. The highest BCUT2D eigenvalue weighted by Crippen LogP contribution is 2.26. The van der Waals surface area contributed by atoms with Crippen LogP contribution in [0, 0.1) is 0 Å². The molecule has 1 aliphatic rings. The number of unbranched alkanes of at least 4 members (excludes halogenated alkanes) is 1. The minimum atomic E-state index is -4.75. The fraction of sp³-hybridized carbons (Fsp3) is 0.600. The Morgan fingerprint density at radius 3 is 2.79 bits per heavy atom.